The fraction of sp³-hybridized carbons (Fsp3) is 0.133. The molecule has 0 saturated carbocycles. The zero-order valence-electron chi connectivity index (χ0n) is 10.7. The number of benzene rings is 2. The number of hydrogen-bond acceptors (Lipinski definition) is 2. The van der Waals surface area contributed by atoms with Crippen LogP contribution in [0.5, 0.6) is 5.75 Å². The molecule has 0 saturated heterocycles. The fourth-order valence-electron chi connectivity index (χ4n) is 1.76. The Morgan fingerprint density at radius 2 is 1.67 bits per heavy atom. The van der Waals surface area contributed by atoms with Crippen LogP contribution in [0, 0.1) is 0 Å². The van der Waals surface area contributed by atoms with Gasteiger partial charge >= 0.3 is 6.36 Å². The molecule has 0 aliphatic carbocycles. The maximum Gasteiger partial charge on any atom is 0.573 e. The number of halogens is 4. The van der Waals surface area contributed by atoms with E-state index in [4.69, 9.17) is 0 Å². The van der Waals surface area contributed by atoms with Gasteiger partial charge < -0.3 is 4.74 Å². The van der Waals surface area contributed by atoms with Crippen molar-refractivity contribution in [3.05, 3.63) is 64.1 Å². The van der Waals surface area contributed by atoms with Gasteiger partial charge in [0.05, 0.1) is 0 Å². The molecule has 0 amide bonds. The number of carbonyl (C=O) groups is 1. The van der Waals surface area contributed by atoms with Gasteiger partial charge in [-0.15, -0.1) is 13.2 Å². The Morgan fingerprint density at radius 1 is 1.05 bits per heavy atom. The van der Waals surface area contributed by atoms with Crippen molar-refractivity contribution >= 4 is 21.7 Å². The van der Waals surface area contributed by atoms with E-state index in [-0.39, 0.29) is 18.0 Å². The average Bonchev–Trinajstić information content (AvgIpc) is 2.40. The molecule has 0 aromatic heterocycles. The number of carbonyl (C=O) groups excluding carboxylic acids is 1. The molecule has 6 heteroatoms. The Labute approximate surface area is 127 Å². The van der Waals surface area contributed by atoms with E-state index in [1.807, 2.05) is 24.3 Å². The molecule has 110 valence electrons. The third-order valence-electron chi connectivity index (χ3n) is 2.72. The van der Waals surface area contributed by atoms with Crippen LogP contribution in [0.3, 0.4) is 0 Å². The summed E-state index contributed by atoms with van der Waals surface area (Å²) in [6.45, 7) is 0. The predicted molar refractivity (Wildman–Crippen MR) is 75.3 cm³/mol. The number of rotatable bonds is 4. The highest BCUT2D eigenvalue weighted by Gasteiger charge is 2.31. The first-order valence-corrected chi connectivity index (χ1v) is 6.77. The van der Waals surface area contributed by atoms with E-state index in [1.165, 1.54) is 12.1 Å². The zero-order valence-corrected chi connectivity index (χ0v) is 12.2. The quantitative estimate of drug-likeness (QED) is 0.735. The molecule has 0 aliphatic heterocycles. The van der Waals surface area contributed by atoms with Crippen molar-refractivity contribution in [2.24, 2.45) is 0 Å². The van der Waals surface area contributed by atoms with Crippen LogP contribution in [0.15, 0.2) is 53.0 Å². The number of hydrogen-bond donors (Lipinski definition) is 0. The normalized spacial score (nSPS) is 11.2. The summed E-state index contributed by atoms with van der Waals surface area (Å²) in [6.07, 6.45) is -4.57. The lowest BCUT2D eigenvalue weighted by atomic mass is 10.0. The van der Waals surface area contributed by atoms with Crippen molar-refractivity contribution < 1.29 is 22.7 Å². The maximum atomic E-state index is 12.1. The van der Waals surface area contributed by atoms with Crippen LogP contribution >= 0.6 is 15.9 Å². The van der Waals surface area contributed by atoms with Gasteiger partial charge in [-0.05, 0) is 35.9 Å². The molecule has 0 atom stereocenters. The third-order valence-corrected chi connectivity index (χ3v) is 3.49. The topological polar surface area (TPSA) is 26.3 Å². The van der Waals surface area contributed by atoms with E-state index in [1.54, 1.807) is 0 Å². The lowest BCUT2D eigenvalue weighted by molar-refractivity contribution is -0.274. The van der Waals surface area contributed by atoms with Crippen LogP contribution in [0.1, 0.15) is 15.9 Å². The first-order valence-electron chi connectivity index (χ1n) is 5.97. The summed E-state index contributed by atoms with van der Waals surface area (Å²) in [6, 6.07) is 12.2. The third kappa shape index (κ3) is 4.60. The molecule has 0 fully saturated rings. The molecule has 0 heterocycles. The molecular weight excluding hydrogens is 349 g/mol. The Hall–Kier alpha value is -1.82. The van der Waals surface area contributed by atoms with E-state index in [2.05, 4.69) is 20.7 Å². The second-order valence-electron chi connectivity index (χ2n) is 4.26. The van der Waals surface area contributed by atoms with Crippen molar-refractivity contribution in [2.75, 3.05) is 0 Å². The Morgan fingerprint density at radius 3 is 2.24 bits per heavy atom. The van der Waals surface area contributed by atoms with E-state index in [9.17, 15) is 18.0 Å². The van der Waals surface area contributed by atoms with E-state index < -0.39 is 6.36 Å². The minimum absolute atomic E-state index is 0.168. The summed E-state index contributed by atoms with van der Waals surface area (Å²) < 4.78 is 40.7. The van der Waals surface area contributed by atoms with E-state index >= 15 is 0 Å². The Balaban J connectivity index is 2.08. The summed E-state index contributed by atoms with van der Waals surface area (Å²) >= 11 is 3.34. The van der Waals surface area contributed by atoms with Gasteiger partial charge in [0.15, 0.2) is 5.78 Å². The van der Waals surface area contributed by atoms with Gasteiger partial charge in [-0.2, -0.15) is 0 Å². The van der Waals surface area contributed by atoms with Gasteiger partial charge in [0.25, 0.3) is 0 Å². The summed E-state index contributed by atoms with van der Waals surface area (Å²) in [5, 5.41) is 0. The van der Waals surface area contributed by atoms with Crippen molar-refractivity contribution in [1.82, 2.24) is 0 Å². The first-order chi connectivity index (χ1) is 9.85. The van der Waals surface area contributed by atoms with Crippen LogP contribution in [0.25, 0.3) is 0 Å². The van der Waals surface area contributed by atoms with Crippen LogP contribution < -0.4 is 4.74 Å². The standard InChI is InChI=1S/C15H10BrF3O2/c16-13-4-2-1-3-11(13)9-14(20)10-5-7-12(8-6-10)21-15(17,18)19/h1-8H,9H2. The van der Waals surface area contributed by atoms with Crippen LogP contribution in [0.4, 0.5) is 13.2 Å². The highest BCUT2D eigenvalue weighted by Crippen LogP contribution is 2.23. The summed E-state index contributed by atoms with van der Waals surface area (Å²) in [5.41, 5.74) is 1.15. The SMILES string of the molecule is O=C(Cc1ccccc1Br)c1ccc(OC(F)(F)F)cc1. The molecule has 0 radical (unpaired) electrons. The lowest BCUT2D eigenvalue weighted by Gasteiger charge is -2.09. The number of ether oxygens (including phenoxy) is 1. The molecule has 2 aromatic rings. The lowest BCUT2D eigenvalue weighted by Crippen LogP contribution is -2.17. The molecule has 2 aromatic carbocycles. The van der Waals surface area contributed by atoms with Crippen LogP contribution in [0.2, 0.25) is 0 Å². The fourth-order valence-corrected chi connectivity index (χ4v) is 2.18. The van der Waals surface area contributed by atoms with Crippen molar-refractivity contribution in [3.8, 4) is 5.75 Å². The highest BCUT2D eigenvalue weighted by atomic mass is 79.9. The largest absolute Gasteiger partial charge is 0.573 e. The van der Waals surface area contributed by atoms with Crippen molar-refractivity contribution in [1.29, 1.82) is 0 Å². The smallest absolute Gasteiger partial charge is 0.406 e. The molecule has 0 unspecified atom stereocenters. The molecule has 0 bridgehead atoms. The molecule has 0 aliphatic rings. The van der Waals surface area contributed by atoms with Gasteiger partial charge in [0.2, 0.25) is 0 Å². The minimum atomic E-state index is -4.74. The Kier molecular flexibility index (Phi) is 4.67. The number of alkyl halides is 3. The van der Waals surface area contributed by atoms with Gasteiger partial charge in [0, 0.05) is 16.5 Å². The van der Waals surface area contributed by atoms with Gasteiger partial charge in [0.1, 0.15) is 5.75 Å². The molecule has 0 spiro atoms. The van der Waals surface area contributed by atoms with Crippen molar-refractivity contribution in [3.63, 3.8) is 0 Å². The van der Waals surface area contributed by atoms with Crippen LogP contribution in [-0.4, -0.2) is 12.1 Å². The molecule has 21 heavy (non-hydrogen) atoms. The van der Waals surface area contributed by atoms with Crippen molar-refractivity contribution in [2.45, 2.75) is 12.8 Å². The van der Waals surface area contributed by atoms with Crippen LogP contribution in [-0.2, 0) is 6.42 Å². The first kappa shape index (κ1) is 15.6. The monoisotopic (exact) mass is 358 g/mol. The zero-order chi connectivity index (χ0) is 15.5. The number of ketones is 1. The van der Waals surface area contributed by atoms with Gasteiger partial charge in [-0.25, -0.2) is 0 Å². The second-order valence-corrected chi connectivity index (χ2v) is 5.12. The summed E-state index contributed by atoms with van der Waals surface area (Å²) in [7, 11) is 0. The summed E-state index contributed by atoms with van der Waals surface area (Å²) in [5.74, 6) is -0.527. The maximum absolute atomic E-state index is 12.1. The predicted octanol–water partition coefficient (Wildman–Crippen LogP) is 4.77. The minimum Gasteiger partial charge on any atom is -0.406 e. The van der Waals surface area contributed by atoms with E-state index in [0.29, 0.717) is 5.56 Å². The average molecular weight is 359 g/mol. The highest BCUT2D eigenvalue weighted by molar-refractivity contribution is 9.10. The molecular formula is C15H10BrF3O2. The second kappa shape index (κ2) is 6.30. The molecule has 2 nitrogen and oxygen atoms in total. The summed E-state index contributed by atoms with van der Waals surface area (Å²) in [4.78, 5) is 12.1. The van der Waals surface area contributed by atoms with E-state index in [0.717, 1.165) is 22.2 Å². The molecule has 2 rings (SSSR count). The van der Waals surface area contributed by atoms with Gasteiger partial charge in [-0.1, -0.05) is 34.1 Å². The van der Waals surface area contributed by atoms with Gasteiger partial charge in [-0.3, -0.25) is 4.79 Å². The Bertz CT molecular complexity index is 636. The number of Topliss-reactive ketones (excluding diaryl/α,β-unsaturated/α-hetero) is 1. The molecule has 0 N–H and O–H groups in total.